The predicted molar refractivity (Wildman–Crippen MR) is 81.9 cm³/mol. The molecule has 1 aromatic rings. The number of anilines is 1. The molecule has 0 saturated carbocycles. The van der Waals surface area contributed by atoms with Gasteiger partial charge in [0.2, 0.25) is 0 Å². The summed E-state index contributed by atoms with van der Waals surface area (Å²) in [5, 5.41) is 14.6. The Hall–Kier alpha value is -1.04. The highest BCUT2D eigenvalue weighted by molar-refractivity contribution is 6.42. The molecule has 7 heteroatoms. The molecule has 1 saturated heterocycles. The van der Waals surface area contributed by atoms with Gasteiger partial charge in [-0.2, -0.15) is 0 Å². The van der Waals surface area contributed by atoms with Gasteiger partial charge < -0.3 is 10.2 Å². The Morgan fingerprint density at radius 3 is 2.50 bits per heavy atom. The quantitative estimate of drug-likeness (QED) is 0.663. The Balaban J connectivity index is 1.97. The molecule has 0 bridgehead atoms. The normalized spacial score (nSPS) is 16.1. The first-order valence-corrected chi connectivity index (χ1v) is 7.43. The number of halogens is 2. The summed E-state index contributed by atoms with van der Waals surface area (Å²) in [5.41, 5.74) is 0.374. The van der Waals surface area contributed by atoms with E-state index >= 15 is 0 Å². The summed E-state index contributed by atoms with van der Waals surface area (Å²) in [4.78, 5) is 12.9. The van der Waals surface area contributed by atoms with Crippen LogP contribution in [0.4, 0.5) is 11.4 Å². The van der Waals surface area contributed by atoms with Crippen molar-refractivity contribution in [1.29, 1.82) is 0 Å². The molecule has 0 spiro atoms. The van der Waals surface area contributed by atoms with Crippen LogP contribution in [0.3, 0.4) is 0 Å². The molecule has 0 atom stereocenters. The first-order valence-electron chi connectivity index (χ1n) is 6.67. The summed E-state index contributed by atoms with van der Waals surface area (Å²) in [6.45, 7) is 3.73. The first kappa shape index (κ1) is 15.4. The highest BCUT2D eigenvalue weighted by atomic mass is 35.5. The number of nitrogens with zero attached hydrogens (tertiary/aromatic N) is 2. The van der Waals surface area contributed by atoms with Crippen LogP contribution in [0.5, 0.6) is 0 Å². The van der Waals surface area contributed by atoms with E-state index in [0.717, 1.165) is 19.6 Å². The molecule has 5 nitrogen and oxygen atoms in total. The van der Waals surface area contributed by atoms with Crippen molar-refractivity contribution in [3.8, 4) is 0 Å². The maximum absolute atomic E-state index is 11.0. The molecule has 0 amide bonds. The Morgan fingerprint density at radius 2 is 1.85 bits per heavy atom. The second-order valence-corrected chi connectivity index (χ2v) is 5.68. The standard InChI is InChI=1S/C13H17Cl2N3O2/c14-10-8-12(13(18(19)20)9-11(10)15)16-4-7-17-5-2-1-3-6-17/h8-9,16H,1-7H2. The van der Waals surface area contributed by atoms with Gasteiger partial charge in [0.25, 0.3) is 5.69 Å². The molecule has 110 valence electrons. The zero-order valence-corrected chi connectivity index (χ0v) is 12.6. The van der Waals surface area contributed by atoms with E-state index in [4.69, 9.17) is 23.2 Å². The van der Waals surface area contributed by atoms with E-state index in [-0.39, 0.29) is 10.7 Å². The number of hydrogen-bond donors (Lipinski definition) is 1. The van der Waals surface area contributed by atoms with E-state index < -0.39 is 4.92 Å². The van der Waals surface area contributed by atoms with E-state index in [1.165, 1.54) is 31.4 Å². The highest BCUT2D eigenvalue weighted by Gasteiger charge is 2.17. The lowest BCUT2D eigenvalue weighted by Crippen LogP contribution is -2.33. The van der Waals surface area contributed by atoms with Crippen LogP contribution in [0.1, 0.15) is 19.3 Å². The summed E-state index contributed by atoms with van der Waals surface area (Å²) >= 11 is 11.7. The fraction of sp³-hybridized carbons (Fsp3) is 0.538. The third kappa shape index (κ3) is 3.98. The third-order valence-corrected chi connectivity index (χ3v) is 4.15. The molecule has 1 fully saturated rings. The monoisotopic (exact) mass is 317 g/mol. The Kier molecular flexibility index (Phi) is 5.46. The van der Waals surface area contributed by atoms with Crippen LogP contribution >= 0.6 is 23.2 Å². The topological polar surface area (TPSA) is 58.4 Å². The molecular formula is C13H17Cl2N3O2. The van der Waals surface area contributed by atoms with Crippen molar-refractivity contribution < 1.29 is 4.92 Å². The van der Waals surface area contributed by atoms with Crippen LogP contribution in [-0.4, -0.2) is 36.0 Å². The predicted octanol–water partition coefficient (Wildman–Crippen LogP) is 3.80. The van der Waals surface area contributed by atoms with Gasteiger partial charge in [-0.3, -0.25) is 10.1 Å². The fourth-order valence-corrected chi connectivity index (χ4v) is 2.68. The highest BCUT2D eigenvalue weighted by Crippen LogP contribution is 2.33. The number of benzene rings is 1. The first-order chi connectivity index (χ1) is 9.58. The van der Waals surface area contributed by atoms with Gasteiger partial charge in [-0.1, -0.05) is 29.6 Å². The minimum atomic E-state index is -0.453. The van der Waals surface area contributed by atoms with Crippen LogP contribution in [0, 0.1) is 10.1 Å². The number of nitrogens with one attached hydrogen (secondary N) is 1. The average Bonchev–Trinajstić information content (AvgIpc) is 2.43. The second-order valence-electron chi connectivity index (χ2n) is 4.87. The van der Waals surface area contributed by atoms with Crippen molar-refractivity contribution in [3.63, 3.8) is 0 Å². The van der Waals surface area contributed by atoms with Crippen LogP contribution in [0.25, 0.3) is 0 Å². The Bertz CT molecular complexity index is 491. The fourth-order valence-electron chi connectivity index (χ4n) is 2.36. The van der Waals surface area contributed by atoms with E-state index in [9.17, 15) is 10.1 Å². The summed E-state index contributed by atoms with van der Waals surface area (Å²) in [7, 11) is 0. The van der Waals surface area contributed by atoms with Crippen LogP contribution in [-0.2, 0) is 0 Å². The maximum Gasteiger partial charge on any atom is 0.293 e. The van der Waals surface area contributed by atoms with Crippen LogP contribution in [0.15, 0.2) is 12.1 Å². The molecule has 1 aliphatic rings. The van der Waals surface area contributed by atoms with Crippen molar-refractivity contribution in [2.45, 2.75) is 19.3 Å². The average molecular weight is 318 g/mol. The van der Waals surface area contributed by atoms with E-state index in [1.54, 1.807) is 0 Å². The number of hydrogen-bond acceptors (Lipinski definition) is 4. The van der Waals surface area contributed by atoms with Crippen molar-refractivity contribution >= 4 is 34.6 Å². The van der Waals surface area contributed by atoms with Crippen molar-refractivity contribution in [3.05, 3.63) is 32.3 Å². The lowest BCUT2D eigenvalue weighted by molar-refractivity contribution is -0.383. The number of nitro benzene ring substituents is 1. The molecule has 0 unspecified atom stereocenters. The smallest absolute Gasteiger partial charge is 0.293 e. The Morgan fingerprint density at radius 1 is 1.20 bits per heavy atom. The molecule has 0 aromatic heterocycles. The minimum Gasteiger partial charge on any atom is -0.378 e. The zero-order valence-electron chi connectivity index (χ0n) is 11.1. The van der Waals surface area contributed by atoms with E-state index in [2.05, 4.69) is 10.2 Å². The number of piperidine rings is 1. The minimum absolute atomic E-state index is 0.0435. The summed E-state index contributed by atoms with van der Waals surface area (Å²) in [6.07, 6.45) is 3.75. The van der Waals surface area contributed by atoms with Gasteiger partial charge in [-0.05, 0) is 32.0 Å². The molecule has 20 heavy (non-hydrogen) atoms. The third-order valence-electron chi connectivity index (χ3n) is 3.43. The van der Waals surface area contributed by atoms with Gasteiger partial charge in [0.15, 0.2) is 0 Å². The maximum atomic E-state index is 11.0. The lowest BCUT2D eigenvalue weighted by Gasteiger charge is -2.26. The number of rotatable bonds is 5. The SMILES string of the molecule is O=[N+]([O-])c1cc(Cl)c(Cl)cc1NCCN1CCCCC1. The Labute approximate surface area is 128 Å². The molecule has 1 heterocycles. The van der Waals surface area contributed by atoms with Gasteiger partial charge in [-0.15, -0.1) is 0 Å². The van der Waals surface area contributed by atoms with Crippen molar-refractivity contribution in [2.24, 2.45) is 0 Å². The molecule has 1 aliphatic heterocycles. The zero-order chi connectivity index (χ0) is 14.5. The van der Waals surface area contributed by atoms with E-state index in [0.29, 0.717) is 17.3 Å². The summed E-state index contributed by atoms with van der Waals surface area (Å²) < 4.78 is 0. The number of nitro groups is 1. The summed E-state index contributed by atoms with van der Waals surface area (Å²) in [6, 6.07) is 2.80. The van der Waals surface area contributed by atoms with Crippen molar-refractivity contribution in [1.82, 2.24) is 4.90 Å². The number of likely N-dealkylation sites (tertiary alicyclic amines) is 1. The molecule has 0 radical (unpaired) electrons. The molecular weight excluding hydrogens is 301 g/mol. The van der Waals surface area contributed by atoms with Gasteiger partial charge in [-0.25, -0.2) is 0 Å². The van der Waals surface area contributed by atoms with Crippen molar-refractivity contribution in [2.75, 3.05) is 31.5 Å². The lowest BCUT2D eigenvalue weighted by atomic mass is 10.1. The molecule has 1 aromatic carbocycles. The van der Waals surface area contributed by atoms with Gasteiger partial charge >= 0.3 is 0 Å². The largest absolute Gasteiger partial charge is 0.378 e. The molecule has 0 aliphatic carbocycles. The van der Waals surface area contributed by atoms with Gasteiger partial charge in [0.05, 0.1) is 15.0 Å². The second kappa shape index (κ2) is 7.11. The van der Waals surface area contributed by atoms with Gasteiger partial charge in [0, 0.05) is 19.2 Å². The summed E-state index contributed by atoms with van der Waals surface area (Å²) in [5.74, 6) is 0. The molecule has 1 N–H and O–H groups in total. The van der Waals surface area contributed by atoms with E-state index in [1.807, 2.05) is 0 Å². The van der Waals surface area contributed by atoms with Crippen LogP contribution in [0.2, 0.25) is 10.0 Å². The molecule has 2 rings (SSSR count). The van der Waals surface area contributed by atoms with Crippen LogP contribution < -0.4 is 5.32 Å². The van der Waals surface area contributed by atoms with Gasteiger partial charge in [0.1, 0.15) is 5.69 Å².